The van der Waals surface area contributed by atoms with Crippen LogP contribution in [-0.2, 0) is 6.18 Å². The van der Waals surface area contributed by atoms with Gasteiger partial charge in [0.05, 0.1) is 18.4 Å². The number of ether oxygens (including phenoxy) is 1. The first-order valence-electron chi connectivity index (χ1n) is 7.15. The van der Waals surface area contributed by atoms with Gasteiger partial charge in [0.2, 0.25) is 0 Å². The van der Waals surface area contributed by atoms with Crippen LogP contribution in [0.5, 0.6) is 5.75 Å². The smallest absolute Gasteiger partial charge is 0.416 e. The Labute approximate surface area is 141 Å². The number of hydrogen-bond acceptors (Lipinski definition) is 3. The second-order valence-electron chi connectivity index (χ2n) is 5.02. The number of alkyl halides is 3. The van der Waals surface area contributed by atoms with Crippen LogP contribution in [-0.4, -0.2) is 26.0 Å². The number of carbonyl (C=O) groups is 2. The van der Waals surface area contributed by atoms with E-state index in [1.807, 2.05) is 0 Å². The van der Waals surface area contributed by atoms with E-state index in [-0.39, 0.29) is 17.2 Å². The lowest BCUT2D eigenvalue weighted by Crippen LogP contribution is -2.18. The fourth-order valence-electron chi connectivity index (χ4n) is 2.09. The Morgan fingerprint density at radius 1 is 0.960 bits per heavy atom. The van der Waals surface area contributed by atoms with E-state index in [4.69, 9.17) is 4.74 Å². The number of nitrogens with one attached hydrogen (secondary N) is 2. The number of halogens is 3. The highest BCUT2D eigenvalue weighted by atomic mass is 19.4. The molecule has 0 aliphatic heterocycles. The second-order valence-corrected chi connectivity index (χ2v) is 5.02. The summed E-state index contributed by atoms with van der Waals surface area (Å²) in [6.45, 7) is 0. The summed E-state index contributed by atoms with van der Waals surface area (Å²) in [7, 11) is 2.85. The van der Waals surface area contributed by atoms with Crippen molar-refractivity contribution < 1.29 is 27.5 Å². The van der Waals surface area contributed by atoms with E-state index in [1.54, 1.807) is 0 Å². The topological polar surface area (TPSA) is 67.4 Å². The maximum Gasteiger partial charge on any atom is 0.416 e. The SMILES string of the molecule is CNC(=O)c1ccc(NC(=O)c2ccc(C(F)(F)F)cc2)c(OC)c1. The molecule has 0 fully saturated rings. The molecular formula is C17H15F3N2O3. The van der Waals surface area contributed by atoms with Crippen molar-refractivity contribution in [2.45, 2.75) is 6.18 Å². The van der Waals surface area contributed by atoms with Crippen LogP contribution in [0, 0.1) is 0 Å². The van der Waals surface area contributed by atoms with Crippen LogP contribution in [0.1, 0.15) is 26.3 Å². The second kappa shape index (κ2) is 7.25. The highest BCUT2D eigenvalue weighted by Gasteiger charge is 2.30. The summed E-state index contributed by atoms with van der Waals surface area (Å²) in [6.07, 6.45) is -4.46. The van der Waals surface area contributed by atoms with E-state index < -0.39 is 17.6 Å². The Morgan fingerprint density at radius 3 is 2.08 bits per heavy atom. The largest absolute Gasteiger partial charge is 0.495 e. The zero-order chi connectivity index (χ0) is 18.6. The van der Waals surface area contributed by atoms with Crippen LogP contribution >= 0.6 is 0 Å². The van der Waals surface area contributed by atoms with Crippen LogP contribution in [0.2, 0.25) is 0 Å². The molecule has 2 aromatic carbocycles. The third-order valence-corrected chi connectivity index (χ3v) is 3.41. The highest BCUT2D eigenvalue weighted by molar-refractivity contribution is 6.05. The van der Waals surface area contributed by atoms with Crippen molar-refractivity contribution in [2.75, 3.05) is 19.5 Å². The third kappa shape index (κ3) is 4.28. The molecule has 2 N–H and O–H groups in total. The molecule has 0 saturated carbocycles. The first kappa shape index (κ1) is 18.3. The molecule has 2 aromatic rings. The van der Waals surface area contributed by atoms with Crippen molar-refractivity contribution in [3.8, 4) is 5.75 Å². The molecule has 132 valence electrons. The van der Waals surface area contributed by atoms with Crippen LogP contribution < -0.4 is 15.4 Å². The van der Waals surface area contributed by atoms with Crippen molar-refractivity contribution in [1.82, 2.24) is 5.32 Å². The molecule has 0 saturated heterocycles. The predicted molar refractivity (Wildman–Crippen MR) is 85.8 cm³/mol. The summed E-state index contributed by atoms with van der Waals surface area (Å²) >= 11 is 0. The zero-order valence-corrected chi connectivity index (χ0v) is 13.4. The number of hydrogen-bond donors (Lipinski definition) is 2. The van der Waals surface area contributed by atoms with Gasteiger partial charge in [0.15, 0.2) is 0 Å². The average Bonchev–Trinajstić information content (AvgIpc) is 2.60. The maximum absolute atomic E-state index is 12.5. The third-order valence-electron chi connectivity index (χ3n) is 3.41. The minimum atomic E-state index is -4.46. The fourth-order valence-corrected chi connectivity index (χ4v) is 2.09. The molecule has 25 heavy (non-hydrogen) atoms. The van der Waals surface area contributed by atoms with Gasteiger partial charge in [-0.1, -0.05) is 0 Å². The lowest BCUT2D eigenvalue weighted by atomic mass is 10.1. The van der Waals surface area contributed by atoms with E-state index in [0.29, 0.717) is 11.3 Å². The zero-order valence-electron chi connectivity index (χ0n) is 13.4. The van der Waals surface area contributed by atoms with Gasteiger partial charge in [0, 0.05) is 18.2 Å². The minimum absolute atomic E-state index is 0.0606. The molecule has 2 amide bonds. The van der Waals surface area contributed by atoms with Gasteiger partial charge in [0.1, 0.15) is 5.75 Å². The molecule has 0 aliphatic carbocycles. The lowest BCUT2D eigenvalue weighted by Gasteiger charge is -2.12. The number of rotatable bonds is 4. The summed E-state index contributed by atoms with van der Waals surface area (Å²) in [5.41, 5.74) is -0.145. The molecule has 0 atom stereocenters. The van der Waals surface area contributed by atoms with Crippen molar-refractivity contribution in [3.05, 3.63) is 59.2 Å². The van der Waals surface area contributed by atoms with Gasteiger partial charge in [-0.3, -0.25) is 9.59 Å². The first-order valence-corrected chi connectivity index (χ1v) is 7.15. The van der Waals surface area contributed by atoms with Crippen molar-refractivity contribution in [2.24, 2.45) is 0 Å². The summed E-state index contributed by atoms with van der Waals surface area (Å²) in [6, 6.07) is 8.25. The summed E-state index contributed by atoms with van der Waals surface area (Å²) < 4.78 is 42.8. The van der Waals surface area contributed by atoms with Crippen molar-refractivity contribution >= 4 is 17.5 Å². The van der Waals surface area contributed by atoms with Gasteiger partial charge < -0.3 is 15.4 Å². The molecule has 0 spiro atoms. The minimum Gasteiger partial charge on any atom is -0.495 e. The van der Waals surface area contributed by atoms with Crippen LogP contribution in [0.25, 0.3) is 0 Å². The van der Waals surface area contributed by atoms with Crippen LogP contribution in [0.4, 0.5) is 18.9 Å². The number of methoxy groups -OCH3 is 1. The molecule has 0 heterocycles. The van der Waals surface area contributed by atoms with Gasteiger partial charge in [0.25, 0.3) is 11.8 Å². The standard InChI is InChI=1S/C17H15F3N2O3/c1-21-15(23)11-5-8-13(14(9-11)25-2)22-16(24)10-3-6-12(7-4-10)17(18,19)20/h3-9H,1-2H3,(H,21,23)(H,22,24). The van der Waals surface area contributed by atoms with Crippen molar-refractivity contribution in [1.29, 1.82) is 0 Å². The maximum atomic E-state index is 12.5. The van der Waals surface area contributed by atoms with Gasteiger partial charge in [-0.15, -0.1) is 0 Å². The Kier molecular flexibility index (Phi) is 5.31. The molecule has 0 aliphatic rings. The van der Waals surface area contributed by atoms with Gasteiger partial charge in [-0.05, 0) is 42.5 Å². The Balaban J connectivity index is 2.21. The monoisotopic (exact) mass is 352 g/mol. The molecule has 2 rings (SSSR count). The normalized spacial score (nSPS) is 10.9. The van der Waals surface area contributed by atoms with Crippen molar-refractivity contribution in [3.63, 3.8) is 0 Å². The van der Waals surface area contributed by atoms with Crippen LogP contribution in [0.15, 0.2) is 42.5 Å². The number of anilines is 1. The number of amides is 2. The quantitative estimate of drug-likeness (QED) is 0.887. The van der Waals surface area contributed by atoms with E-state index in [0.717, 1.165) is 24.3 Å². The van der Waals surface area contributed by atoms with E-state index in [1.165, 1.54) is 32.4 Å². The van der Waals surface area contributed by atoms with Gasteiger partial charge in [-0.25, -0.2) is 0 Å². The lowest BCUT2D eigenvalue weighted by molar-refractivity contribution is -0.137. The van der Waals surface area contributed by atoms with E-state index in [9.17, 15) is 22.8 Å². The van der Waals surface area contributed by atoms with E-state index >= 15 is 0 Å². The first-order chi connectivity index (χ1) is 11.8. The highest BCUT2D eigenvalue weighted by Crippen LogP contribution is 2.30. The summed E-state index contributed by atoms with van der Waals surface area (Å²) in [4.78, 5) is 23.8. The summed E-state index contributed by atoms with van der Waals surface area (Å²) in [5.74, 6) is -0.667. The summed E-state index contributed by atoms with van der Waals surface area (Å²) in [5, 5.41) is 5.01. The Morgan fingerprint density at radius 2 is 1.56 bits per heavy atom. The average molecular weight is 352 g/mol. The molecule has 0 unspecified atom stereocenters. The Bertz CT molecular complexity index is 787. The van der Waals surface area contributed by atoms with E-state index in [2.05, 4.69) is 10.6 Å². The number of benzene rings is 2. The van der Waals surface area contributed by atoms with Crippen LogP contribution in [0.3, 0.4) is 0 Å². The molecule has 0 aromatic heterocycles. The Hall–Kier alpha value is -3.03. The van der Waals surface area contributed by atoms with Gasteiger partial charge in [-0.2, -0.15) is 13.2 Å². The predicted octanol–water partition coefficient (Wildman–Crippen LogP) is 3.33. The molecular weight excluding hydrogens is 337 g/mol. The molecule has 5 nitrogen and oxygen atoms in total. The van der Waals surface area contributed by atoms with Gasteiger partial charge >= 0.3 is 6.18 Å². The fraction of sp³-hybridized carbons (Fsp3) is 0.176. The number of carbonyl (C=O) groups excluding carboxylic acids is 2. The molecule has 0 bridgehead atoms. The molecule has 0 radical (unpaired) electrons. The molecule has 8 heteroatoms.